The Kier molecular flexibility index (Phi) is 3.88. The van der Waals surface area contributed by atoms with Crippen LogP contribution in [-0.2, 0) is 4.79 Å². The average Bonchev–Trinajstić information content (AvgIpc) is 3.01. The molecule has 2 heterocycles. The van der Waals surface area contributed by atoms with Crippen LogP contribution in [0.5, 0.6) is 0 Å². The van der Waals surface area contributed by atoms with Gasteiger partial charge in [-0.3, -0.25) is 4.79 Å². The summed E-state index contributed by atoms with van der Waals surface area (Å²) in [5.41, 5.74) is 4.19. The molecular weight excluding hydrogens is 248 g/mol. The van der Waals surface area contributed by atoms with Crippen molar-refractivity contribution in [3.63, 3.8) is 0 Å². The van der Waals surface area contributed by atoms with Crippen LogP contribution in [0.2, 0.25) is 0 Å². The van der Waals surface area contributed by atoms with Crippen LogP contribution >= 0.6 is 0 Å². The van der Waals surface area contributed by atoms with Gasteiger partial charge in [0.25, 0.3) is 0 Å². The van der Waals surface area contributed by atoms with Crippen LogP contribution in [0.25, 0.3) is 5.57 Å². The number of nitrogens with one attached hydrogen (secondary N) is 1. The maximum absolute atomic E-state index is 11.4. The normalized spacial score (nSPS) is 22.8. The van der Waals surface area contributed by atoms with Crippen molar-refractivity contribution in [3.05, 3.63) is 41.5 Å². The fourth-order valence-electron chi connectivity index (χ4n) is 3.24. The molecule has 2 aliphatic heterocycles. The van der Waals surface area contributed by atoms with E-state index in [0.29, 0.717) is 6.04 Å². The highest BCUT2D eigenvalue weighted by Gasteiger charge is 2.22. The highest BCUT2D eigenvalue weighted by molar-refractivity contribution is 5.76. The van der Waals surface area contributed by atoms with Gasteiger partial charge in [0.2, 0.25) is 5.91 Å². The van der Waals surface area contributed by atoms with Crippen molar-refractivity contribution < 1.29 is 4.79 Å². The van der Waals surface area contributed by atoms with E-state index in [9.17, 15) is 4.79 Å². The molecule has 3 rings (SSSR count). The molecule has 1 aromatic rings. The van der Waals surface area contributed by atoms with Gasteiger partial charge in [0.05, 0.1) is 0 Å². The number of benzene rings is 1. The molecule has 20 heavy (non-hydrogen) atoms. The summed E-state index contributed by atoms with van der Waals surface area (Å²) in [5, 5.41) is 3.59. The lowest BCUT2D eigenvalue weighted by atomic mass is 9.91. The lowest BCUT2D eigenvalue weighted by Crippen LogP contribution is -2.32. The van der Waals surface area contributed by atoms with Crippen molar-refractivity contribution in [1.82, 2.24) is 10.2 Å². The van der Waals surface area contributed by atoms with Crippen molar-refractivity contribution in [2.45, 2.75) is 32.2 Å². The number of carbonyl (C=O) groups is 1. The van der Waals surface area contributed by atoms with Crippen LogP contribution in [0.3, 0.4) is 0 Å². The standard InChI is InChI=1S/C17H22N2O/c1-13(20)19-11-8-14(9-12-19)15-5-2-3-6-16(15)17-7-4-10-18-17/h2-3,5-6,8,17-18H,4,7,9-12H2,1H3/t17-/m1/s1. The Morgan fingerprint density at radius 2 is 2.20 bits per heavy atom. The van der Waals surface area contributed by atoms with Crippen LogP contribution in [0.15, 0.2) is 30.3 Å². The van der Waals surface area contributed by atoms with Gasteiger partial charge >= 0.3 is 0 Å². The molecule has 2 aliphatic rings. The fraction of sp³-hybridized carbons (Fsp3) is 0.471. The molecule has 0 radical (unpaired) electrons. The minimum absolute atomic E-state index is 0.172. The van der Waals surface area contributed by atoms with Gasteiger partial charge in [0.1, 0.15) is 0 Å². The molecule has 0 unspecified atom stereocenters. The first kappa shape index (κ1) is 13.4. The number of amides is 1. The van der Waals surface area contributed by atoms with Crippen molar-refractivity contribution in [2.24, 2.45) is 0 Å². The first-order valence-electron chi connectivity index (χ1n) is 7.53. The second kappa shape index (κ2) is 5.80. The summed E-state index contributed by atoms with van der Waals surface area (Å²) in [7, 11) is 0. The number of carbonyl (C=O) groups excluding carboxylic acids is 1. The second-order valence-corrected chi connectivity index (χ2v) is 5.68. The van der Waals surface area contributed by atoms with Gasteiger partial charge in [-0.2, -0.15) is 0 Å². The summed E-state index contributed by atoms with van der Waals surface area (Å²) < 4.78 is 0. The monoisotopic (exact) mass is 270 g/mol. The molecule has 0 aliphatic carbocycles. The zero-order valence-corrected chi connectivity index (χ0v) is 12.1. The minimum atomic E-state index is 0.172. The summed E-state index contributed by atoms with van der Waals surface area (Å²) >= 11 is 0. The van der Waals surface area contributed by atoms with Gasteiger partial charge in [0.15, 0.2) is 0 Å². The van der Waals surface area contributed by atoms with E-state index >= 15 is 0 Å². The molecule has 106 valence electrons. The van der Waals surface area contributed by atoms with Crippen LogP contribution in [-0.4, -0.2) is 30.4 Å². The molecular formula is C17H22N2O. The molecule has 1 N–H and O–H groups in total. The van der Waals surface area contributed by atoms with E-state index in [1.165, 1.54) is 29.5 Å². The molecule has 1 atom stereocenters. The van der Waals surface area contributed by atoms with Crippen molar-refractivity contribution in [3.8, 4) is 0 Å². The SMILES string of the molecule is CC(=O)N1CC=C(c2ccccc2[C@H]2CCCN2)CC1. The van der Waals surface area contributed by atoms with Gasteiger partial charge in [-0.25, -0.2) is 0 Å². The molecule has 1 fully saturated rings. The number of nitrogens with zero attached hydrogens (tertiary/aromatic N) is 1. The number of hydrogen-bond acceptors (Lipinski definition) is 2. The maximum Gasteiger partial charge on any atom is 0.219 e. The van der Waals surface area contributed by atoms with Gasteiger partial charge in [-0.1, -0.05) is 30.3 Å². The molecule has 1 amide bonds. The zero-order chi connectivity index (χ0) is 13.9. The van der Waals surface area contributed by atoms with E-state index in [1.807, 2.05) is 4.90 Å². The maximum atomic E-state index is 11.4. The van der Waals surface area contributed by atoms with Gasteiger partial charge in [-0.15, -0.1) is 0 Å². The Bertz CT molecular complexity index is 530. The third kappa shape index (κ3) is 2.63. The van der Waals surface area contributed by atoms with E-state index in [1.54, 1.807) is 6.92 Å². The Hall–Kier alpha value is -1.61. The van der Waals surface area contributed by atoms with Crippen molar-refractivity contribution >= 4 is 11.5 Å². The first-order valence-corrected chi connectivity index (χ1v) is 7.53. The molecule has 3 nitrogen and oxygen atoms in total. The smallest absolute Gasteiger partial charge is 0.219 e. The molecule has 0 aromatic heterocycles. The van der Waals surface area contributed by atoms with E-state index in [2.05, 4.69) is 35.7 Å². The van der Waals surface area contributed by atoms with Crippen LogP contribution < -0.4 is 5.32 Å². The lowest BCUT2D eigenvalue weighted by molar-refractivity contribution is -0.128. The van der Waals surface area contributed by atoms with E-state index in [0.717, 1.165) is 26.1 Å². The quantitative estimate of drug-likeness (QED) is 0.896. The largest absolute Gasteiger partial charge is 0.339 e. The zero-order valence-electron chi connectivity index (χ0n) is 12.1. The minimum Gasteiger partial charge on any atom is -0.339 e. The summed E-state index contributed by atoms with van der Waals surface area (Å²) in [6.07, 6.45) is 5.67. The second-order valence-electron chi connectivity index (χ2n) is 5.68. The van der Waals surface area contributed by atoms with E-state index in [4.69, 9.17) is 0 Å². The van der Waals surface area contributed by atoms with Crippen molar-refractivity contribution in [1.29, 1.82) is 0 Å². The molecule has 0 bridgehead atoms. The number of rotatable bonds is 2. The molecule has 0 spiro atoms. The highest BCUT2D eigenvalue weighted by Crippen LogP contribution is 2.32. The third-order valence-corrected chi connectivity index (χ3v) is 4.40. The van der Waals surface area contributed by atoms with Crippen LogP contribution in [0.1, 0.15) is 43.4 Å². The summed E-state index contributed by atoms with van der Waals surface area (Å²) in [4.78, 5) is 13.3. The Morgan fingerprint density at radius 3 is 2.85 bits per heavy atom. The Morgan fingerprint density at radius 1 is 1.35 bits per heavy atom. The Balaban J connectivity index is 1.85. The molecule has 1 aromatic carbocycles. The molecule has 3 heteroatoms. The van der Waals surface area contributed by atoms with Crippen LogP contribution in [0, 0.1) is 0 Å². The molecule has 1 saturated heterocycles. The van der Waals surface area contributed by atoms with Crippen molar-refractivity contribution in [2.75, 3.05) is 19.6 Å². The van der Waals surface area contributed by atoms with E-state index < -0.39 is 0 Å². The van der Waals surface area contributed by atoms with Gasteiger partial charge in [-0.05, 0) is 42.5 Å². The molecule has 0 saturated carbocycles. The Labute approximate surface area is 120 Å². The van der Waals surface area contributed by atoms with Gasteiger partial charge < -0.3 is 10.2 Å². The van der Waals surface area contributed by atoms with Gasteiger partial charge in [0, 0.05) is 26.1 Å². The fourth-order valence-corrected chi connectivity index (χ4v) is 3.24. The summed E-state index contributed by atoms with van der Waals surface area (Å²) in [5.74, 6) is 0.172. The summed E-state index contributed by atoms with van der Waals surface area (Å²) in [6, 6.07) is 9.22. The number of hydrogen-bond donors (Lipinski definition) is 1. The lowest BCUT2D eigenvalue weighted by Gasteiger charge is -2.27. The highest BCUT2D eigenvalue weighted by atomic mass is 16.2. The average molecular weight is 270 g/mol. The first-order chi connectivity index (χ1) is 9.75. The summed E-state index contributed by atoms with van der Waals surface area (Å²) in [6.45, 7) is 4.36. The van der Waals surface area contributed by atoms with Crippen LogP contribution in [0.4, 0.5) is 0 Å². The topological polar surface area (TPSA) is 32.3 Å². The predicted molar refractivity (Wildman–Crippen MR) is 81.3 cm³/mol. The third-order valence-electron chi connectivity index (χ3n) is 4.40. The predicted octanol–water partition coefficient (Wildman–Crippen LogP) is 2.75. The van der Waals surface area contributed by atoms with E-state index in [-0.39, 0.29) is 5.91 Å².